The lowest BCUT2D eigenvalue weighted by Crippen LogP contribution is -2.07. The van der Waals surface area contributed by atoms with Gasteiger partial charge in [0.1, 0.15) is 0 Å². The number of nitrogens with one attached hydrogen (secondary N) is 1. The number of benzene rings is 1. The van der Waals surface area contributed by atoms with E-state index in [4.69, 9.17) is 0 Å². The lowest BCUT2D eigenvalue weighted by molar-refractivity contribution is 0.688. The molecule has 0 fully saturated rings. The van der Waals surface area contributed by atoms with Crippen LogP contribution >= 0.6 is 11.5 Å². The molecular formula is C15H21N3S. The summed E-state index contributed by atoms with van der Waals surface area (Å²) in [6.45, 7) is 9.69. The van der Waals surface area contributed by atoms with Crippen molar-refractivity contribution in [2.75, 3.05) is 11.9 Å². The minimum atomic E-state index is 0.556. The molecule has 0 aliphatic heterocycles. The maximum Gasteiger partial charge on any atom is 0.202 e. The first-order valence-corrected chi connectivity index (χ1v) is 7.51. The van der Waals surface area contributed by atoms with E-state index in [2.05, 4.69) is 66.6 Å². The monoisotopic (exact) mass is 275 g/mol. The van der Waals surface area contributed by atoms with Crippen LogP contribution in [0.5, 0.6) is 0 Å². The van der Waals surface area contributed by atoms with Crippen molar-refractivity contribution < 1.29 is 0 Å². The Labute approximate surface area is 119 Å². The molecule has 0 unspecified atom stereocenters. The predicted octanol–water partition coefficient (Wildman–Crippen LogP) is 4.40. The first-order valence-electron chi connectivity index (χ1n) is 6.74. The molecule has 2 rings (SSSR count). The number of rotatable bonds is 5. The maximum atomic E-state index is 4.52. The predicted molar refractivity (Wildman–Crippen MR) is 82.8 cm³/mol. The average Bonchev–Trinajstić information content (AvgIpc) is 2.85. The van der Waals surface area contributed by atoms with E-state index in [-0.39, 0.29) is 0 Å². The molecule has 0 radical (unpaired) electrons. The average molecular weight is 275 g/mol. The number of hydrogen-bond acceptors (Lipinski definition) is 4. The Morgan fingerprint density at radius 3 is 2.37 bits per heavy atom. The molecule has 1 heterocycles. The van der Waals surface area contributed by atoms with Gasteiger partial charge in [-0.1, -0.05) is 52.0 Å². The van der Waals surface area contributed by atoms with Crippen molar-refractivity contribution in [1.29, 1.82) is 0 Å². The highest BCUT2D eigenvalue weighted by Gasteiger charge is 2.07. The lowest BCUT2D eigenvalue weighted by atomic mass is 10.0. The van der Waals surface area contributed by atoms with Gasteiger partial charge in [-0.3, -0.25) is 0 Å². The smallest absolute Gasteiger partial charge is 0.202 e. The molecule has 102 valence electrons. The quantitative estimate of drug-likeness (QED) is 0.879. The van der Waals surface area contributed by atoms with Crippen LogP contribution in [0.1, 0.15) is 39.2 Å². The molecule has 1 aromatic heterocycles. The Morgan fingerprint density at radius 2 is 1.79 bits per heavy atom. The molecule has 1 aromatic carbocycles. The van der Waals surface area contributed by atoms with Gasteiger partial charge in [0.25, 0.3) is 0 Å². The molecule has 4 heteroatoms. The summed E-state index contributed by atoms with van der Waals surface area (Å²) in [7, 11) is 0. The number of hydrogen-bond donors (Lipinski definition) is 1. The van der Waals surface area contributed by atoms with Crippen LogP contribution in [0.15, 0.2) is 24.3 Å². The van der Waals surface area contributed by atoms with Crippen molar-refractivity contribution in [3.63, 3.8) is 0 Å². The zero-order valence-electron chi connectivity index (χ0n) is 12.0. The van der Waals surface area contributed by atoms with E-state index < -0.39 is 0 Å². The first-order chi connectivity index (χ1) is 9.06. The van der Waals surface area contributed by atoms with Gasteiger partial charge in [-0.25, -0.2) is 0 Å². The summed E-state index contributed by atoms with van der Waals surface area (Å²) in [6.07, 6.45) is 0. The molecule has 1 N–H and O–H groups in total. The van der Waals surface area contributed by atoms with E-state index >= 15 is 0 Å². The molecule has 0 aliphatic rings. The Balaban J connectivity index is 2.09. The second-order valence-electron chi connectivity index (χ2n) is 5.47. The van der Waals surface area contributed by atoms with Crippen LogP contribution in [0.4, 0.5) is 5.13 Å². The molecule has 19 heavy (non-hydrogen) atoms. The fraction of sp³-hybridized carbons (Fsp3) is 0.467. The van der Waals surface area contributed by atoms with Crippen LogP contribution in [0, 0.1) is 5.92 Å². The summed E-state index contributed by atoms with van der Waals surface area (Å²) in [5, 5.41) is 4.21. The van der Waals surface area contributed by atoms with Gasteiger partial charge in [0.2, 0.25) is 5.13 Å². The van der Waals surface area contributed by atoms with Gasteiger partial charge in [-0.05, 0) is 17.4 Å². The standard InChI is InChI=1S/C15H21N3S/c1-10(2)9-16-15-17-14(18-19-15)13-7-5-12(6-8-13)11(3)4/h5-8,10-11H,9H2,1-4H3,(H,16,17,18). The third kappa shape index (κ3) is 3.77. The Bertz CT molecular complexity index is 514. The summed E-state index contributed by atoms with van der Waals surface area (Å²) in [6, 6.07) is 8.51. The van der Waals surface area contributed by atoms with Crippen molar-refractivity contribution >= 4 is 16.7 Å². The summed E-state index contributed by atoms with van der Waals surface area (Å²) >= 11 is 1.42. The van der Waals surface area contributed by atoms with Crippen molar-refractivity contribution in [1.82, 2.24) is 9.36 Å². The summed E-state index contributed by atoms with van der Waals surface area (Å²) < 4.78 is 4.41. The highest BCUT2D eigenvalue weighted by atomic mass is 32.1. The molecule has 0 saturated heterocycles. The molecule has 0 bridgehead atoms. The molecule has 0 amide bonds. The lowest BCUT2D eigenvalue weighted by Gasteiger charge is -2.05. The van der Waals surface area contributed by atoms with Gasteiger partial charge in [-0.15, -0.1) is 0 Å². The largest absolute Gasteiger partial charge is 0.360 e. The van der Waals surface area contributed by atoms with E-state index in [1.165, 1.54) is 17.1 Å². The number of anilines is 1. The Hall–Kier alpha value is -1.42. The SMILES string of the molecule is CC(C)CNc1nc(-c2ccc(C(C)C)cc2)ns1. The molecule has 2 aromatic rings. The Morgan fingerprint density at radius 1 is 1.11 bits per heavy atom. The molecule has 0 atom stereocenters. The topological polar surface area (TPSA) is 37.8 Å². The van der Waals surface area contributed by atoms with Crippen LogP contribution in [0.2, 0.25) is 0 Å². The van der Waals surface area contributed by atoms with Crippen LogP contribution in [-0.2, 0) is 0 Å². The third-order valence-electron chi connectivity index (χ3n) is 2.92. The van der Waals surface area contributed by atoms with Crippen LogP contribution in [0.25, 0.3) is 11.4 Å². The number of aromatic nitrogens is 2. The highest BCUT2D eigenvalue weighted by molar-refractivity contribution is 7.09. The van der Waals surface area contributed by atoms with Gasteiger partial charge in [0, 0.05) is 23.6 Å². The summed E-state index contributed by atoms with van der Waals surface area (Å²) in [4.78, 5) is 4.52. The van der Waals surface area contributed by atoms with E-state index in [1.54, 1.807) is 0 Å². The van der Waals surface area contributed by atoms with Gasteiger partial charge >= 0.3 is 0 Å². The van der Waals surface area contributed by atoms with Gasteiger partial charge < -0.3 is 5.32 Å². The Kier molecular flexibility index (Phi) is 4.53. The van der Waals surface area contributed by atoms with Crippen molar-refractivity contribution in [2.24, 2.45) is 5.92 Å². The van der Waals surface area contributed by atoms with Crippen LogP contribution in [0.3, 0.4) is 0 Å². The first kappa shape index (κ1) is 14.0. The van der Waals surface area contributed by atoms with Crippen LogP contribution in [-0.4, -0.2) is 15.9 Å². The fourth-order valence-electron chi connectivity index (χ4n) is 1.72. The normalized spacial score (nSPS) is 11.3. The van der Waals surface area contributed by atoms with Crippen LogP contribution < -0.4 is 5.32 Å². The van der Waals surface area contributed by atoms with Gasteiger partial charge in [-0.2, -0.15) is 9.36 Å². The van der Waals surface area contributed by atoms with Crippen molar-refractivity contribution in [2.45, 2.75) is 33.6 Å². The molecule has 3 nitrogen and oxygen atoms in total. The number of nitrogens with zero attached hydrogens (tertiary/aromatic N) is 2. The van der Waals surface area contributed by atoms with Crippen molar-refractivity contribution in [3.05, 3.63) is 29.8 Å². The molecule has 0 saturated carbocycles. The van der Waals surface area contributed by atoms with E-state index in [0.717, 1.165) is 23.1 Å². The van der Waals surface area contributed by atoms with E-state index in [0.29, 0.717) is 11.8 Å². The molecular weight excluding hydrogens is 254 g/mol. The highest BCUT2D eigenvalue weighted by Crippen LogP contribution is 2.23. The zero-order valence-corrected chi connectivity index (χ0v) is 12.8. The zero-order chi connectivity index (χ0) is 13.8. The summed E-state index contributed by atoms with van der Waals surface area (Å²) in [5.41, 5.74) is 2.43. The van der Waals surface area contributed by atoms with E-state index in [9.17, 15) is 0 Å². The third-order valence-corrected chi connectivity index (χ3v) is 3.60. The van der Waals surface area contributed by atoms with E-state index in [1.807, 2.05) is 0 Å². The molecule has 0 aliphatic carbocycles. The second-order valence-corrected chi connectivity index (χ2v) is 6.23. The minimum Gasteiger partial charge on any atom is -0.360 e. The van der Waals surface area contributed by atoms with Crippen molar-refractivity contribution in [3.8, 4) is 11.4 Å². The summed E-state index contributed by atoms with van der Waals surface area (Å²) in [5.74, 6) is 1.98. The fourth-order valence-corrected chi connectivity index (χ4v) is 2.32. The van der Waals surface area contributed by atoms with Gasteiger partial charge in [0.15, 0.2) is 5.82 Å². The molecule has 0 spiro atoms. The maximum absolute atomic E-state index is 4.52. The minimum absolute atomic E-state index is 0.556. The second kappa shape index (κ2) is 6.15. The van der Waals surface area contributed by atoms with Gasteiger partial charge in [0.05, 0.1) is 0 Å².